The van der Waals surface area contributed by atoms with Gasteiger partial charge in [-0.3, -0.25) is 0 Å². The predicted molar refractivity (Wildman–Crippen MR) is 69.3 cm³/mol. The molecule has 1 heterocycles. The summed E-state index contributed by atoms with van der Waals surface area (Å²) in [5, 5.41) is 9.74. The van der Waals surface area contributed by atoms with Crippen LogP contribution in [0.5, 0.6) is 0 Å². The van der Waals surface area contributed by atoms with Gasteiger partial charge in [-0.1, -0.05) is 6.07 Å². The fourth-order valence-electron chi connectivity index (χ4n) is 2.56. The van der Waals surface area contributed by atoms with Gasteiger partial charge in [0, 0.05) is 31.5 Å². The summed E-state index contributed by atoms with van der Waals surface area (Å²) in [5.74, 6) is -0.345. The van der Waals surface area contributed by atoms with Crippen molar-refractivity contribution >= 4 is 5.69 Å². The van der Waals surface area contributed by atoms with E-state index in [-0.39, 0.29) is 11.9 Å². The van der Waals surface area contributed by atoms with Crippen molar-refractivity contribution in [2.75, 3.05) is 25.1 Å². The van der Waals surface area contributed by atoms with E-state index in [1.807, 2.05) is 6.07 Å². The first kappa shape index (κ1) is 13.3. The van der Waals surface area contributed by atoms with Gasteiger partial charge < -0.3 is 14.7 Å². The highest BCUT2D eigenvalue weighted by Gasteiger charge is 2.24. The molecule has 0 radical (unpaired) electrons. The topological polar surface area (TPSA) is 32.7 Å². The number of benzene rings is 1. The third kappa shape index (κ3) is 2.65. The second-order valence-electron chi connectivity index (χ2n) is 4.79. The Morgan fingerprint density at radius 3 is 2.94 bits per heavy atom. The number of aliphatic hydroxyl groups is 1. The highest BCUT2D eigenvalue weighted by Crippen LogP contribution is 2.31. The van der Waals surface area contributed by atoms with Crippen molar-refractivity contribution < 1.29 is 14.2 Å². The van der Waals surface area contributed by atoms with Crippen LogP contribution in [-0.4, -0.2) is 31.4 Å². The molecule has 1 saturated heterocycles. The Balaban J connectivity index is 2.29. The zero-order valence-corrected chi connectivity index (χ0v) is 10.9. The van der Waals surface area contributed by atoms with E-state index in [2.05, 4.69) is 4.90 Å². The molecule has 1 aromatic rings. The first-order valence-electron chi connectivity index (χ1n) is 6.37. The van der Waals surface area contributed by atoms with Gasteiger partial charge in [-0.2, -0.15) is 0 Å². The molecule has 1 aromatic carbocycles. The summed E-state index contributed by atoms with van der Waals surface area (Å²) in [7, 11) is 1.70. The van der Waals surface area contributed by atoms with Gasteiger partial charge in [-0.25, -0.2) is 4.39 Å². The molecule has 1 fully saturated rings. The number of nitrogens with zero attached hydrogens (tertiary/aromatic N) is 1. The van der Waals surface area contributed by atoms with Gasteiger partial charge in [0.05, 0.1) is 12.2 Å². The lowest BCUT2D eigenvalue weighted by Gasteiger charge is -2.35. The van der Waals surface area contributed by atoms with Crippen molar-refractivity contribution in [3.63, 3.8) is 0 Å². The van der Waals surface area contributed by atoms with E-state index in [0.29, 0.717) is 5.56 Å². The zero-order chi connectivity index (χ0) is 13.1. The van der Waals surface area contributed by atoms with Crippen molar-refractivity contribution in [3.8, 4) is 0 Å². The molecule has 0 saturated carbocycles. The van der Waals surface area contributed by atoms with Crippen LogP contribution in [-0.2, 0) is 4.74 Å². The molecule has 0 bridgehead atoms. The third-order valence-corrected chi connectivity index (χ3v) is 3.50. The monoisotopic (exact) mass is 253 g/mol. The van der Waals surface area contributed by atoms with E-state index >= 15 is 0 Å². The van der Waals surface area contributed by atoms with Crippen LogP contribution in [0, 0.1) is 5.82 Å². The van der Waals surface area contributed by atoms with Crippen LogP contribution >= 0.6 is 0 Å². The smallest absolute Gasteiger partial charge is 0.131 e. The highest BCUT2D eigenvalue weighted by molar-refractivity contribution is 5.55. The van der Waals surface area contributed by atoms with E-state index in [4.69, 9.17) is 4.74 Å². The first-order valence-corrected chi connectivity index (χ1v) is 6.37. The number of ether oxygens (including phenoxy) is 1. The molecule has 2 atom stereocenters. The first-order chi connectivity index (χ1) is 8.63. The minimum absolute atomic E-state index is 0.184. The van der Waals surface area contributed by atoms with Gasteiger partial charge in [0.1, 0.15) is 5.82 Å². The second-order valence-corrected chi connectivity index (χ2v) is 4.79. The Morgan fingerprint density at radius 1 is 1.50 bits per heavy atom. The maximum Gasteiger partial charge on any atom is 0.131 e. The summed E-state index contributed by atoms with van der Waals surface area (Å²) in [6.07, 6.45) is 1.44. The molecule has 1 N–H and O–H groups in total. The quantitative estimate of drug-likeness (QED) is 0.898. The largest absolute Gasteiger partial charge is 0.389 e. The normalized spacial score (nSPS) is 22.0. The van der Waals surface area contributed by atoms with Gasteiger partial charge in [-0.15, -0.1) is 0 Å². The molecule has 1 aliphatic heterocycles. The van der Waals surface area contributed by atoms with Gasteiger partial charge in [0.15, 0.2) is 0 Å². The maximum absolute atomic E-state index is 13.8. The summed E-state index contributed by atoms with van der Waals surface area (Å²) in [6.45, 7) is 3.22. The molecule has 2 rings (SSSR count). The number of hydrogen-bond donors (Lipinski definition) is 1. The van der Waals surface area contributed by atoms with Crippen LogP contribution in [0.4, 0.5) is 10.1 Å². The summed E-state index contributed by atoms with van der Waals surface area (Å²) in [5.41, 5.74) is 1.17. The Hall–Kier alpha value is -1.13. The summed E-state index contributed by atoms with van der Waals surface area (Å²) < 4.78 is 19.2. The van der Waals surface area contributed by atoms with Gasteiger partial charge >= 0.3 is 0 Å². The number of methoxy groups -OCH3 is 1. The summed E-state index contributed by atoms with van der Waals surface area (Å²) >= 11 is 0. The van der Waals surface area contributed by atoms with Gasteiger partial charge in [0.25, 0.3) is 0 Å². The fraction of sp³-hybridized carbons (Fsp3) is 0.571. The standard InChI is InChI=1S/C14H20FNO2/c1-10(17)14-12(15)6-3-7-13(14)16-8-4-5-11(9-16)18-2/h3,6-7,10-11,17H,4-5,8-9H2,1-2H3/t10-,11?/m1/s1. The lowest BCUT2D eigenvalue weighted by Crippen LogP contribution is -2.39. The number of hydrogen-bond acceptors (Lipinski definition) is 3. The summed E-state index contributed by atoms with van der Waals surface area (Å²) in [6, 6.07) is 4.94. The Labute approximate surface area is 107 Å². The van der Waals surface area contributed by atoms with Gasteiger partial charge in [-0.05, 0) is 31.9 Å². The molecular formula is C14H20FNO2. The van der Waals surface area contributed by atoms with Crippen molar-refractivity contribution in [3.05, 3.63) is 29.6 Å². The van der Waals surface area contributed by atoms with Crippen LogP contribution in [0.25, 0.3) is 0 Å². The van der Waals surface area contributed by atoms with E-state index in [1.54, 1.807) is 20.1 Å². The average molecular weight is 253 g/mol. The Morgan fingerprint density at radius 2 is 2.28 bits per heavy atom. The number of rotatable bonds is 3. The van der Waals surface area contributed by atoms with Crippen LogP contribution in [0.2, 0.25) is 0 Å². The number of piperidine rings is 1. The van der Waals surface area contributed by atoms with E-state index in [0.717, 1.165) is 31.6 Å². The van der Waals surface area contributed by atoms with Crippen molar-refractivity contribution in [2.24, 2.45) is 0 Å². The molecular weight excluding hydrogens is 233 g/mol. The second kappa shape index (κ2) is 5.67. The van der Waals surface area contributed by atoms with Gasteiger partial charge in [0.2, 0.25) is 0 Å². The minimum Gasteiger partial charge on any atom is -0.389 e. The van der Waals surface area contributed by atoms with Crippen molar-refractivity contribution in [1.82, 2.24) is 0 Å². The molecule has 18 heavy (non-hydrogen) atoms. The van der Waals surface area contributed by atoms with E-state index < -0.39 is 6.10 Å². The molecule has 1 unspecified atom stereocenters. The molecule has 1 aliphatic rings. The fourth-order valence-corrected chi connectivity index (χ4v) is 2.56. The average Bonchev–Trinajstić information content (AvgIpc) is 2.38. The number of anilines is 1. The SMILES string of the molecule is COC1CCCN(c2cccc(F)c2[C@@H](C)O)C1. The zero-order valence-electron chi connectivity index (χ0n) is 10.9. The lowest BCUT2D eigenvalue weighted by atomic mass is 10.0. The molecule has 0 aromatic heterocycles. The van der Waals surface area contributed by atoms with Crippen molar-refractivity contribution in [2.45, 2.75) is 32.0 Å². The molecule has 100 valence electrons. The van der Waals surface area contributed by atoms with E-state index in [9.17, 15) is 9.50 Å². The molecule has 0 spiro atoms. The predicted octanol–water partition coefficient (Wildman–Crippen LogP) is 2.49. The summed E-state index contributed by atoms with van der Waals surface area (Å²) in [4.78, 5) is 2.10. The number of aliphatic hydroxyl groups excluding tert-OH is 1. The molecule has 4 heteroatoms. The Kier molecular flexibility index (Phi) is 4.19. The molecule has 3 nitrogen and oxygen atoms in total. The lowest BCUT2D eigenvalue weighted by molar-refractivity contribution is 0.0890. The van der Waals surface area contributed by atoms with Crippen molar-refractivity contribution in [1.29, 1.82) is 0 Å². The maximum atomic E-state index is 13.8. The third-order valence-electron chi connectivity index (χ3n) is 3.50. The van der Waals surface area contributed by atoms with Crippen LogP contribution in [0.15, 0.2) is 18.2 Å². The van der Waals surface area contributed by atoms with E-state index in [1.165, 1.54) is 6.07 Å². The van der Waals surface area contributed by atoms with Crippen LogP contribution in [0.1, 0.15) is 31.4 Å². The molecule has 0 amide bonds. The number of halogens is 1. The minimum atomic E-state index is -0.802. The highest BCUT2D eigenvalue weighted by atomic mass is 19.1. The van der Waals surface area contributed by atoms with Crippen LogP contribution in [0.3, 0.4) is 0 Å². The Bertz CT molecular complexity index is 409. The molecule has 0 aliphatic carbocycles. The van der Waals surface area contributed by atoms with Crippen LogP contribution < -0.4 is 4.90 Å².